The molecular formula is C23H23BrClFN2O3S. The highest BCUT2D eigenvalue weighted by Gasteiger charge is 2.28. The first kappa shape index (κ1) is 24.7. The van der Waals surface area contributed by atoms with Crippen molar-refractivity contribution in [3.8, 4) is 0 Å². The maximum Gasteiger partial charge on any atom is 0.243 e. The standard InChI is InChI=1S/C23H23BrClFN2O3S/c1-16(31-15-17-8-4-2-5-9-17)22(14-27-18-10-6-3-7-11-18)28-32(29,30)23-12-19(24)20(25)13-21(23)26/h2-13,16,22,27-28H,14-15H2,1H3/t16-,22-/m0/s1. The van der Waals surface area contributed by atoms with Crippen LogP contribution in [0.3, 0.4) is 0 Å². The lowest BCUT2D eigenvalue weighted by atomic mass is 10.2. The fourth-order valence-corrected chi connectivity index (χ4v) is 5.01. The Morgan fingerprint density at radius 2 is 1.69 bits per heavy atom. The second-order valence-corrected chi connectivity index (χ2v) is 10.1. The molecule has 32 heavy (non-hydrogen) atoms. The van der Waals surface area contributed by atoms with E-state index in [-0.39, 0.29) is 16.0 Å². The number of sulfonamides is 1. The van der Waals surface area contributed by atoms with Gasteiger partial charge >= 0.3 is 0 Å². The van der Waals surface area contributed by atoms with Gasteiger partial charge in [0.1, 0.15) is 10.7 Å². The number of hydrogen-bond acceptors (Lipinski definition) is 4. The quantitative estimate of drug-likeness (QED) is 0.328. The van der Waals surface area contributed by atoms with Crippen molar-refractivity contribution in [2.24, 2.45) is 0 Å². The van der Waals surface area contributed by atoms with Crippen LogP contribution in [0, 0.1) is 5.82 Å². The third-order valence-corrected chi connectivity index (χ3v) is 7.50. The van der Waals surface area contributed by atoms with E-state index in [1.807, 2.05) is 60.7 Å². The fourth-order valence-electron chi connectivity index (χ4n) is 2.98. The molecule has 2 atom stereocenters. The molecule has 0 aliphatic heterocycles. The Morgan fingerprint density at radius 3 is 2.34 bits per heavy atom. The minimum atomic E-state index is -4.20. The number of ether oxygens (including phenoxy) is 1. The molecule has 3 aromatic rings. The Kier molecular flexibility index (Phi) is 8.67. The van der Waals surface area contributed by atoms with Crippen LogP contribution >= 0.6 is 27.5 Å². The van der Waals surface area contributed by atoms with Crippen LogP contribution in [0.5, 0.6) is 0 Å². The average molecular weight is 542 g/mol. The van der Waals surface area contributed by atoms with Crippen molar-refractivity contribution in [3.05, 3.63) is 93.7 Å². The van der Waals surface area contributed by atoms with Gasteiger partial charge in [0.15, 0.2) is 0 Å². The molecule has 0 radical (unpaired) electrons. The number of rotatable bonds is 10. The molecule has 0 saturated heterocycles. The molecule has 0 unspecified atom stereocenters. The van der Waals surface area contributed by atoms with E-state index in [9.17, 15) is 12.8 Å². The van der Waals surface area contributed by atoms with E-state index in [1.54, 1.807) is 6.92 Å². The summed E-state index contributed by atoms with van der Waals surface area (Å²) in [6.45, 7) is 2.32. The Labute approximate surface area is 201 Å². The summed E-state index contributed by atoms with van der Waals surface area (Å²) < 4.78 is 49.3. The number of benzene rings is 3. The highest BCUT2D eigenvalue weighted by molar-refractivity contribution is 9.10. The average Bonchev–Trinajstić information content (AvgIpc) is 2.78. The highest BCUT2D eigenvalue weighted by Crippen LogP contribution is 2.28. The van der Waals surface area contributed by atoms with E-state index in [4.69, 9.17) is 16.3 Å². The predicted octanol–water partition coefficient (Wildman–Crippen LogP) is 5.61. The summed E-state index contributed by atoms with van der Waals surface area (Å²) >= 11 is 9.03. The molecule has 170 valence electrons. The van der Waals surface area contributed by atoms with Crippen LogP contribution in [0.25, 0.3) is 0 Å². The molecule has 9 heteroatoms. The van der Waals surface area contributed by atoms with Crippen molar-refractivity contribution in [2.75, 3.05) is 11.9 Å². The molecule has 0 bridgehead atoms. The normalized spacial score (nSPS) is 13.5. The summed E-state index contributed by atoms with van der Waals surface area (Å²) in [6, 6.07) is 20.4. The predicted molar refractivity (Wildman–Crippen MR) is 129 cm³/mol. The molecule has 0 saturated carbocycles. The largest absolute Gasteiger partial charge is 0.383 e. The van der Waals surface area contributed by atoms with Gasteiger partial charge in [0, 0.05) is 16.7 Å². The summed E-state index contributed by atoms with van der Waals surface area (Å²) in [5.74, 6) is -0.932. The Bertz CT molecular complexity index is 1130. The van der Waals surface area contributed by atoms with Gasteiger partial charge in [-0.2, -0.15) is 0 Å². The lowest BCUT2D eigenvalue weighted by molar-refractivity contribution is 0.0350. The zero-order chi connectivity index (χ0) is 23.1. The van der Waals surface area contributed by atoms with E-state index >= 15 is 0 Å². The van der Waals surface area contributed by atoms with Crippen LogP contribution in [0.4, 0.5) is 10.1 Å². The van der Waals surface area contributed by atoms with Crippen molar-refractivity contribution in [3.63, 3.8) is 0 Å². The second kappa shape index (κ2) is 11.2. The van der Waals surface area contributed by atoms with Gasteiger partial charge in [-0.05, 0) is 52.7 Å². The maximum atomic E-state index is 14.4. The molecule has 3 rings (SSSR count). The van der Waals surface area contributed by atoms with E-state index in [0.29, 0.717) is 6.61 Å². The smallest absolute Gasteiger partial charge is 0.243 e. The lowest BCUT2D eigenvalue weighted by Crippen LogP contribution is -2.47. The zero-order valence-electron chi connectivity index (χ0n) is 17.3. The van der Waals surface area contributed by atoms with Crippen LogP contribution in [-0.2, 0) is 21.4 Å². The van der Waals surface area contributed by atoms with Gasteiger partial charge in [0.2, 0.25) is 10.0 Å². The Morgan fingerprint density at radius 1 is 1.06 bits per heavy atom. The van der Waals surface area contributed by atoms with Crippen LogP contribution in [-0.4, -0.2) is 27.1 Å². The third kappa shape index (κ3) is 6.76. The van der Waals surface area contributed by atoms with Gasteiger partial charge in [-0.1, -0.05) is 60.1 Å². The third-order valence-electron chi connectivity index (χ3n) is 4.79. The van der Waals surface area contributed by atoms with Crippen molar-refractivity contribution in [2.45, 2.75) is 30.6 Å². The van der Waals surface area contributed by atoms with E-state index in [1.165, 1.54) is 0 Å². The molecule has 0 aliphatic rings. The fraction of sp³-hybridized carbons (Fsp3) is 0.217. The number of anilines is 1. The topological polar surface area (TPSA) is 67.4 Å². The Hall–Kier alpha value is -1.97. The summed E-state index contributed by atoms with van der Waals surface area (Å²) in [5.41, 5.74) is 1.79. The zero-order valence-corrected chi connectivity index (χ0v) is 20.4. The lowest BCUT2D eigenvalue weighted by Gasteiger charge is -2.26. The summed E-state index contributed by atoms with van der Waals surface area (Å²) in [5, 5.41) is 3.29. The minimum absolute atomic E-state index is 0.0864. The molecule has 5 nitrogen and oxygen atoms in total. The van der Waals surface area contributed by atoms with Gasteiger partial charge < -0.3 is 10.1 Å². The molecule has 0 spiro atoms. The summed E-state index contributed by atoms with van der Waals surface area (Å²) in [4.78, 5) is -0.492. The number of nitrogens with one attached hydrogen (secondary N) is 2. The van der Waals surface area contributed by atoms with Gasteiger partial charge in [0.25, 0.3) is 0 Å². The maximum absolute atomic E-state index is 14.4. The first-order valence-electron chi connectivity index (χ1n) is 9.87. The number of hydrogen-bond donors (Lipinski definition) is 2. The van der Waals surface area contributed by atoms with Crippen LogP contribution in [0.1, 0.15) is 12.5 Å². The van der Waals surface area contributed by atoms with Crippen molar-refractivity contribution >= 4 is 43.2 Å². The highest BCUT2D eigenvalue weighted by atomic mass is 79.9. The van der Waals surface area contributed by atoms with Crippen LogP contribution in [0.2, 0.25) is 5.02 Å². The first-order chi connectivity index (χ1) is 15.3. The van der Waals surface area contributed by atoms with Crippen molar-refractivity contribution in [1.29, 1.82) is 0 Å². The minimum Gasteiger partial charge on any atom is -0.383 e. The molecule has 2 N–H and O–H groups in total. The number of para-hydroxylation sites is 1. The first-order valence-corrected chi connectivity index (χ1v) is 12.5. The van der Waals surface area contributed by atoms with Crippen LogP contribution in [0.15, 0.2) is 82.2 Å². The SMILES string of the molecule is C[C@H](OCc1ccccc1)[C@H](CNc1ccccc1)NS(=O)(=O)c1cc(Br)c(Cl)cc1F. The Balaban J connectivity index is 1.79. The van der Waals surface area contributed by atoms with E-state index < -0.39 is 32.9 Å². The number of halogens is 3. The monoisotopic (exact) mass is 540 g/mol. The molecule has 0 heterocycles. The molecular weight excluding hydrogens is 519 g/mol. The van der Waals surface area contributed by atoms with Crippen molar-refractivity contribution < 1.29 is 17.5 Å². The van der Waals surface area contributed by atoms with Gasteiger partial charge in [-0.15, -0.1) is 0 Å². The summed E-state index contributed by atoms with van der Waals surface area (Å²) in [7, 11) is -4.20. The summed E-state index contributed by atoms with van der Waals surface area (Å²) in [6.07, 6.45) is -0.514. The van der Waals surface area contributed by atoms with E-state index in [2.05, 4.69) is 26.0 Å². The molecule has 0 aromatic heterocycles. The molecule has 0 aliphatic carbocycles. The van der Waals surface area contributed by atoms with Crippen LogP contribution < -0.4 is 10.0 Å². The molecule has 0 fully saturated rings. The van der Waals surface area contributed by atoms with E-state index in [0.717, 1.165) is 23.4 Å². The van der Waals surface area contributed by atoms with Gasteiger partial charge in [0.05, 0.1) is 23.8 Å². The second-order valence-electron chi connectivity index (χ2n) is 7.17. The van der Waals surface area contributed by atoms with Gasteiger partial charge in [-0.25, -0.2) is 17.5 Å². The van der Waals surface area contributed by atoms with Crippen molar-refractivity contribution in [1.82, 2.24) is 4.72 Å². The van der Waals surface area contributed by atoms with Gasteiger partial charge in [-0.3, -0.25) is 0 Å². The molecule has 0 amide bonds. The molecule has 3 aromatic carbocycles.